The normalized spacial score (nSPS) is 17.2. The van der Waals surface area contributed by atoms with Crippen LogP contribution in [0.15, 0.2) is 100 Å². The average molecular weight is 534 g/mol. The number of hydrogen-bond donors (Lipinski definition) is 2. The van der Waals surface area contributed by atoms with Crippen LogP contribution in [0.3, 0.4) is 0 Å². The monoisotopic (exact) mass is 533 g/mol. The predicted molar refractivity (Wildman–Crippen MR) is 142 cm³/mol. The van der Waals surface area contributed by atoms with Crippen molar-refractivity contribution in [1.29, 1.82) is 0 Å². The molecule has 1 aliphatic heterocycles. The third-order valence-corrected chi connectivity index (χ3v) is 8.56. The summed E-state index contributed by atoms with van der Waals surface area (Å²) in [5, 5.41) is 5.86. The van der Waals surface area contributed by atoms with Crippen LogP contribution in [0.1, 0.15) is 22.3 Å². The van der Waals surface area contributed by atoms with Crippen LogP contribution in [0, 0.1) is 0 Å². The lowest BCUT2D eigenvalue weighted by atomic mass is 10.1. The lowest BCUT2D eigenvalue weighted by Gasteiger charge is -2.18. The zero-order chi connectivity index (χ0) is 25.8. The van der Waals surface area contributed by atoms with Crippen LogP contribution in [-0.4, -0.2) is 42.8 Å². The number of benzene rings is 3. The number of carbonyl (C=O) groups is 2. The molecule has 8 nitrogen and oxygen atoms in total. The van der Waals surface area contributed by atoms with Gasteiger partial charge in [0.1, 0.15) is 11.2 Å². The van der Waals surface area contributed by atoms with Gasteiger partial charge in [-0.25, -0.2) is 13.4 Å². The molecule has 188 valence electrons. The van der Waals surface area contributed by atoms with Crippen LogP contribution in [-0.2, 0) is 14.6 Å². The molecular formula is C27H23N3O5S2. The number of carbonyl (C=O) groups excluding carboxylic acids is 2. The molecule has 0 radical (unpaired) electrons. The number of thioether (sulfide) groups is 1. The molecule has 0 aliphatic carbocycles. The Hall–Kier alpha value is -3.89. The Morgan fingerprint density at radius 3 is 2.19 bits per heavy atom. The van der Waals surface area contributed by atoms with Gasteiger partial charge in [-0.2, -0.15) is 0 Å². The second-order valence-corrected chi connectivity index (χ2v) is 11.7. The third-order valence-electron chi connectivity index (χ3n) is 5.80. The van der Waals surface area contributed by atoms with E-state index in [0.717, 1.165) is 11.8 Å². The SMILES string of the molecule is O=C(NC1CCS(=O)(=O)C1)/C(NC(=O)c1ccccc1)=C(/Sc1nc2ccccc2o1)c1ccccc1. The highest BCUT2D eigenvalue weighted by molar-refractivity contribution is 8.08. The summed E-state index contributed by atoms with van der Waals surface area (Å²) in [6.45, 7) is 0. The maximum absolute atomic E-state index is 13.6. The molecule has 0 saturated carbocycles. The molecule has 1 aromatic heterocycles. The summed E-state index contributed by atoms with van der Waals surface area (Å²) < 4.78 is 29.9. The standard InChI is InChI=1S/C27H23N3O5S2/c31-25(19-11-5-2-6-12-19)30-23(26(32)28-20-15-16-37(33,34)17-20)24(18-9-3-1-4-10-18)36-27-29-21-13-7-8-14-22(21)35-27/h1-14,20H,15-17H2,(H,28,32)(H,30,31)/b24-23-. The van der Waals surface area contributed by atoms with Crippen LogP contribution in [0.25, 0.3) is 16.0 Å². The Bertz CT molecular complexity index is 1550. The van der Waals surface area contributed by atoms with E-state index in [9.17, 15) is 18.0 Å². The average Bonchev–Trinajstić information content (AvgIpc) is 3.48. The van der Waals surface area contributed by atoms with Crippen LogP contribution in [0.4, 0.5) is 0 Å². The maximum Gasteiger partial charge on any atom is 0.269 e. The highest BCUT2D eigenvalue weighted by Crippen LogP contribution is 2.37. The molecule has 1 aliphatic rings. The number of oxazole rings is 1. The van der Waals surface area contributed by atoms with Crippen LogP contribution in [0.2, 0.25) is 0 Å². The fourth-order valence-electron chi connectivity index (χ4n) is 3.98. The Labute approximate surface area is 218 Å². The van der Waals surface area contributed by atoms with Crippen molar-refractivity contribution < 1.29 is 22.4 Å². The Morgan fingerprint density at radius 1 is 0.892 bits per heavy atom. The molecule has 1 unspecified atom stereocenters. The van der Waals surface area contributed by atoms with E-state index in [1.54, 1.807) is 36.4 Å². The third kappa shape index (κ3) is 5.92. The maximum atomic E-state index is 13.6. The summed E-state index contributed by atoms with van der Waals surface area (Å²) in [4.78, 5) is 31.7. The molecule has 1 saturated heterocycles. The number of amides is 2. The fourth-order valence-corrected chi connectivity index (χ4v) is 6.61. The largest absolute Gasteiger partial charge is 0.431 e. The first-order chi connectivity index (χ1) is 17.9. The smallest absolute Gasteiger partial charge is 0.269 e. The first kappa shape index (κ1) is 24.8. The summed E-state index contributed by atoms with van der Waals surface area (Å²) >= 11 is 1.11. The van der Waals surface area contributed by atoms with Crippen molar-refractivity contribution in [2.75, 3.05) is 11.5 Å². The van der Waals surface area contributed by atoms with E-state index in [-0.39, 0.29) is 17.2 Å². The lowest BCUT2D eigenvalue weighted by Crippen LogP contribution is -2.41. The van der Waals surface area contributed by atoms with Crippen molar-refractivity contribution in [2.45, 2.75) is 17.7 Å². The molecule has 0 bridgehead atoms. The van der Waals surface area contributed by atoms with Gasteiger partial charge in [0.2, 0.25) is 0 Å². The van der Waals surface area contributed by atoms with Crippen molar-refractivity contribution >= 4 is 49.4 Å². The van der Waals surface area contributed by atoms with Crippen molar-refractivity contribution in [3.05, 3.63) is 102 Å². The van der Waals surface area contributed by atoms with E-state index in [0.29, 0.717) is 38.8 Å². The topological polar surface area (TPSA) is 118 Å². The van der Waals surface area contributed by atoms with Crippen molar-refractivity contribution in [1.82, 2.24) is 15.6 Å². The zero-order valence-corrected chi connectivity index (χ0v) is 21.2. The molecule has 5 rings (SSSR count). The minimum absolute atomic E-state index is 0.0105. The molecule has 4 aromatic rings. The van der Waals surface area contributed by atoms with Gasteiger partial charge in [0.15, 0.2) is 15.4 Å². The molecule has 0 spiro atoms. The minimum atomic E-state index is -3.22. The Kier molecular flexibility index (Phi) is 7.11. The Morgan fingerprint density at radius 2 is 1.54 bits per heavy atom. The first-order valence-corrected chi connectivity index (χ1v) is 14.2. The van der Waals surface area contributed by atoms with Crippen LogP contribution >= 0.6 is 11.8 Å². The summed E-state index contributed by atoms with van der Waals surface area (Å²) in [6, 6.07) is 24.4. The van der Waals surface area contributed by atoms with E-state index in [2.05, 4.69) is 15.6 Å². The van der Waals surface area contributed by atoms with Gasteiger partial charge in [-0.15, -0.1) is 0 Å². The molecule has 10 heteroatoms. The highest BCUT2D eigenvalue weighted by Gasteiger charge is 2.31. The zero-order valence-electron chi connectivity index (χ0n) is 19.6. The summed E-state index contributed by atoms with van der Waals surface area (Å²) in [5.74, 6) is -1.20. The number of para-hydroxylation sites is 2. The highest BCUT2D eigenvalue weighted by atomic mass is 32.2. The van der Waals surface area contributed by atoms with Gasteiger partial charge in [-0.1, -0.05) is 60.7 Å². The number of sulfone groups is 1. The van der Waals surface area contributed by atoms with Gasteiger partial charge >= 0.3 is 0 Å². The van der Waals surface area contributed by atoms with E-state index in [4.69, 9.17) is 4.42 Å². The number of hydrogen-bond acceptors (Lipinski definition) is 7. The van der Waals surface area contributed by atoms with Crippen LogP contribution < -0.4 is 10.6 Å². The minimum Gasteiger partial charge on any atom is -0.431 e. The molecular weight excluding hydrogens is 510 g/mol. The number of rotatable bonds is 7. The molecule has 2 heterocycles. The summed E-state index contributed by atoms with van der Waals surface area (Å²) in [5.41, 5.74) is 2.26. The number of fused-ring (bicyclic) bond motifs is 1. The Balaban J connectivity index is 1.58. The molecule has 1 fully saturated rings. The molecule has 2 amide bonds. The fraction of sp³-hybridized carbons (Fsp3) is 0.148. The van der Waals surface area contributed by atoms with E-state index in [1.165, 1.54) is 0 Å². The second kappa shape index (κ2) is 10.6. The van der Waals surface area contributed by atoms with Gasteiger partial charge in [-0.3, -0.25) is 9.59 Å². The number of aromatic nitrogens is 1. The number of nitrogens with zero attached hydrogens (tertiary/aromatic N) is 1. The van der Waals surface area contributed by atoms with Gasteiger partial charge in [-0.05, 0) is 48.0 Å². The predicted octanol–water partition coefficient (Wildman–Crippen LogP) is 4.02. The van der Waals surface area contributed by atoms with Crippen molar-refractivity contribution in [2.24, 2.45) is 0 Å². The van der Waals surface area contributed by atoms with Gasteiger partial charge in [0.05, 0.1) is 16.4 Å². The van der Waals surface area contributed by atoms with Crippen molar-refractivity contribution in [3.8, 4) is 0 Å². The number of nitrogens with one attached hydrogen (secondary N) is 2. The van der Waals surface area contributed by atoms with Gasteiger partial charge in [0.25, 0.3) is 17.0 Å². The van der Waals surface area contributed by atoms with E-state index < -0.39 is 27.7 Å². The first-order valence-electron chi connectivity index (χ1n) is 11.6. The van der Waals surface area contributed by atoms with Gasteiger partial charge in [0, 0.05) is 11.6 Å². The van der Waals surface area contributed by atoms with Gasteiger partial charge < -0.3 is 15.1 Å². The van der Waals surface area contributed by atoms with Crippen molar-refractivity contribution in [3.63, 3.8) is 0 Å². The van der Waals surface area contributed by atoms with E-state index >= 15 is 0 Å². The second-order valence-electron chi connectivity index (χ2n) is 8.51. The summed E-state index contributed by atoms with van der Waals surface area (Å²) in [7, 11) is -3.22. The molecule has 37 heavy (non-hydrogen) atoms. The quantitative estimate of drug-likeness (QED) is 0.272. The van der Waals surface area contributed by atoms with Crippen LogP contribution in [0.5, 0.6) is 0 Å². The molecule has 1 atom stereocenters. The lowest BCUT2D eigenvalue weighted by molar-refractivity contribution is -0.118. The molecule has 2 N–H and O–H groups in total. The molecule has 3 aromatic carbocycles. The van der Waals surface area contributed by atoms with E-state index in [1.807, 2.05) is 48.5 Å². The summed E-state index contributed by atoms with van der Waals surface area (Å²) in [6.07, 6.45) is 0.312.